The maximum Gasteiger partial charge on any atom is 0.308 e. The molecule has 1 aliphatic carbocycles. The van der Waals surface area contributed by atoms with Gasteiger partial charge in [-0.05, 0) is 25.7 Å². The van der Waals surface area contributed by atoms with E-state index >= 15 is 0 Å². The highest BCUT2D eigenvalue weighted by Gasteiger charge is 2.39. The van der Waals surface area contributed by atoms with Crippen molar-refractivity contribution in [1.29, 1.82) is 0 Å². The zero-order valence-electron chi connectivity index (χ0n) is 12.4. The smallest absolute Gasteiger partial charge is 0.308 e. The number of hydrogen-bond acceptors (Lipinski definition) is 5. The Morgan fingerprint density at radius 2 is 1.90 bits per heavy atom. The fourth-order valence-electron chi connectivity index (χ4n) is 2.90. The molecule has 1 aliphatic heterocycles. The van der Waals surface area contributed by atoms with Crippen LogP contribution < -0.4 is 0 Å². The Morgan fingerprint density at radius 1 is 1.29 bits per heavy atom. The second-order valence-corrected chi connectivity index (χ2v) is 7.50. The van der Waals surface area contributed by atoms with Crippen LogP contribution in [0.15, 0.2) is 0 Å². The monoisotopic (exact) mass is 320 g/mol. The summed E-state index contributed by atoms with van der Waals surface area (Å²) in [7, 11) is -2.20. The number of methoxy groups -OCH3 is 1. The van der Waals surface area contributed by atoms with E-state index in [9.17, 15) is 13.2 Å². The van der Waals surface area contributed by atoms with Crippen LogP contribution in [-0.2, 0) is 19.7 Å². The lowest BCUT2D eigenvalue weighted by atomic mass is 9.93. The molecule has 8 heteroatoms. The van der Waals surface area contributed by atoms with Crippen molar-refractivity contribution in [2.75, 3.05) is 33.4 Å². The van der Waals surface area contributed by atoms with E-state index in [1.54, 1.807) is 0 Å². The van der Waals surface area contributed by atoms with Gasteiger partial charge in [-0.1, -0.05) is 6.42 Å². The lowest BCUT2D eigenvalue weighted by Gasteiger charge is -2.40. The summed E-state index contributed by atoms with van der Waals surface area (Å²) in [5, 5.41) is 9.13. The maximum atomic E-state index is 12.7. The van der Waals surface area contributed by atoms with E-state index in [-0.39, 0.29) is 31.1 Å². The molecule has 0 aromatic rings. The van der Waals surface area contributed by atoms with Crippen LogP contribution in [0, 0.1) is 5.92 Å². The number of carbonyl (C=O) groups is 1. The molecule has 2 rings (SSSR count). The van der Waals surface area contributed by atoms with Crippen LogP contribution in [0.4, 0.5) is 0 Å². The third kappa shape index (κ3) is 3.56. The summed E-state index contributed by atoms with van der Waals surface area (Å²) in [5.74, 6) is -0.477. The normalized spacial score (nSPS) is 22.2. The summed E-state index contributed by atoms with van der Waals surface area (Å²) in [6.07, 6.45) is 3.73. The number of esters is 1. The van der Waals surface area contributed by atoms with Crippen LogP contribution in [0.25, 0.3) is 0 Å². The molecule has 2 fully saturated rings. The molecule has 0 spiro atoms. The molecule has 1 saturated heterocycles. The van der Waals surface area contributed by atoms with Crippen LogP contribution in [0.1, 0.15) is 32.1 Å². The van der Waals surface area contributed by atoms with Crippen molar-refractivity contribution in [2.24, 2.45) is 5.92 Å². The van der Waals surface area contributed by atoms with Gasteiger partial charge in [0.05, 0.1) is 19.6 Å². The van der Waals surface area contributed by atoms with Gasteiger partial charge >= 0.3 is 5.97 Å². The first-order valence-corrected chi connectivity index (χ1v) is 8.86. The van der Waals surface area contributed by atoms with E-state index in [4.69, 9.17) is 9.84 Å². The van der Waals surface area contributed by atoms with Gasteiger partial charge in [-0.15, -0.1) is 0 Å². The summed E-state index contributed by atoms with van der Waals surface area (Å²) >= 11 is 0. The van der Waals surface area contributed by atoms with Crippen molar-refractivity contribution >= 4 is 16.2 Å². The molecule has 0 atom stereocenters. The molecular formula is C13H24N2O5S. The average molecular weight is 320 g/mol. The summed E-state index contributed by atoms with van der Waals surface area (Å²) < 4.78 is 32.9. The first kappa shape index (κ1) is 16.7. The van der Waals surface area contributed by atoms with E-state index < -0.39 is 10.2 Å². The molecule has 0 aromatic heterocycles. The number of rotatable bonds is 6. The number of aliphatic hydroxyl groups excluding tert-OH is 1. The standard InChI is InChI=1S/C13H24N2O5S/c1-20-13(17)11-5-7-14(8-6-11)21(18,19)15(9-10-16)12-3-2-4-12/h11-12,16H,2-10H2,1H3. The van der Waals surface area contributed by atoms with Crippen molar-refractivity contribution in [1.82, 2.24) is 8.61 Å². The third-order valence-electron chi connectivity index (χ3n) is 4.41. The second kappa shape index (κ2) is 7.04. The molecular weight excluding hydrogens is 296 g/mol. The van der Waals surface area contributed by atoms with Gasteiger partial charge in [0.15, 0.2) is 0 Å². The molecule has 1 heterocycles. The molecule has 1 saturated carbocycles. The fraction of sp³-hybridized carbons (Fsp3) is 0.923. The van der Waals surface area contributed by atoms with Gasteiger partial charge < -0.3 is 9.84 Å². The van der Waals surface area contributed by atoms with Gasteiger partial charge in [0, 0.05) is 25.7 Å². The number of piperidine rings is 1. The molecule has 1 N–H and O–H groups in total. The number of nitrogens with zero attached hydrogens (tertiary/aromatic N) is 2. The number of carbonyl (C=O) groups excluding carboxylic acids is 1. The average Bonchev–Trinajstić information content (AvgIpc) is 2.44. The second-order valence-electron chi connectivity index (χ2n) is 5.62. The Kier molecular flexibility index (Phi) is 5.59. The number of hydrogen-bond donors (Lipinski definition) is 1. The largest absolute Gasteiger partial charge is 0.469 e. The number of aliphatic hydroxyl groups is 1. The topological polar surface area (TPSA) is 87.2 Å². The zero-order chi connectivity index (χ0) is 15.5. The van der Waals surface area contributed by atoms with E-state index in [0.717, 1.165) is 19.3 Å². The van der Waals surface area contributed by atoms with E-state index in [2.05, 4.69) is 0 Å². The highest BCUT2D eigenvalue weighted by molar-refractivity contribution is 7.86. The minimum Gasteiger partial charge on any atom is -0.469 e. The molecule has 21 heavy (non-hydrogen) atoms. The molecule has 0 bridgehead atoms. The first-order valence-electron chi connectivity index (χ1n) is 7.46. The van der Waals surface area contributed by atoms with E-state index in [1.807, 2.05) is 0 Å². The van der Waals surface area contributed by atoms with Crippen LogP contribution in [0.5, 0.6) is 0 Å². The molecule has 0 radical (unpaired) electrons. The van der Waals surface area contributed by atoms with Crippen molar-refractivity contribution in [3.63, 3.8) is 0 Å². The summed E-state index contributed by atoms with van der Waals surface area (Å²) in [4.78, 5) is 11.5. The third-order valence-corrected chi connectivity index (χ3v) is 6.50. The fourth-order valence-corrected chi connectivity index (χ4v) is 4.77. The zero-order valence-corrected chi connectivity index (χ0v) is 13.2. The first-order chi connectivity index (χ1) is 10.0. The quantitative estimate of drug-likeness (QED) is 0.694. The Hall–Kier alpha value is -0.700. The Labute approximate surface area is 126 Å². The van der Waals surface area contributed by atoms with Crippen LogP contribution >= 0.6 is 0 Å². The summed E-state index contributed by atoms with van der Waals surface area (Å²) in [6.45, 7) is 0.631. The predicted octanol–water partition coefficient (Wildman–Crippen LogP) is -0.0370. The Bertz CT molecular complexity index is 455. The minimum atomic E-state index is -3.55. The Morgan fingerprint density at radius 3 is 2.33 bits per heavy atom. The minimum absolute atomic E-state index is 0.0143. The van der Waals surface area contributed by atoms with Gasteiger partial charge in [0.2, 0.25) is 0 Å². The van der Waals surface area contributed by atoms with Crippen molar-refractivity contribution < 1.29 is 23.1 Å². The summed E-state index contributed by atoms with van der Waals surface area (Å²) in [6, 6.07) is 0.0143. The Balaban J connectivity index is 2.00. The highest BCUT2D eigenvalue weighted by Crippen LogP contribution is 2.30. The summed E-state index contributed by atoms with van der Waals surface area (Å²) in [5.41, 5.74) is 0. The lowest BCUT2D eigenvalue weighted by molar-refractivity contribution is -0.146. The predicted molar refractivity (Wildman–Crippen MR) is 76.7 cm³/mol. The molecule has 0 aromatic carbocycles. The lowest BCUT2D eigenvalue weighted by Crippen LogP contribution is -2.53. The van der Waals surface area contributed by atoms with Crippen LogP contribution in [-0.4, -0.2) is 67.5 Å². The van der Waals surface area contributed by atoms with Gasteiger partial charge in [-0.25, -0.2) is 0 Å². The van der Waals surface area contributed by atoms with Crippen molar-refractivity contribution in [3.8, 4) is 0 Å². The SMILES string of the molecule is COC(=O)C1CCN(S(=O)(=O)N(CCO)C2CCC2)CC1. The highest BCUT2D eigenvalue weighted by atomic mass is 32.2. The molecule has 0 amide bonds. The van der Waals surface area contributed by atoms with Crippen LogP contribution in [0.2, 0.25) is 0 Å². The molecule has 2 aliphatic rings. The van der Waals surface area contributed by atoms with E-state index in [0.29, 0.717) is 25.9 Å². The van der Waals surface area contributed by atoms with Gasteiger partial charge in [0.1, 0.15) is 0 Å². The maximum absolute atomic E-state index is 12.7. The van der Waals surface area contributed by atoms with E-state index in [1.165, 1.54) is 15.7 Å². The molecule has 7 nitrogen and oxygen atoms in total. The van der Waals surface area contributed by atoms with Crippen molar-refractivity contribution in [3.05, 3.63) is 0 Å². The van der Waals surface area contributed by atoms with Gasteiger partial charge in [-0.3, -0.25) is 4.79 Å². The van der Waals surface area contributed by atoms with Gasteiger partial charge in [-0.2, -0.15) is 17.0 Å². The molecule has 122 valence electrons. The van der Waals surface area contributed by atoms with Crippen molar-refractivity contribution in [2.45, 2.75) is 38.1 Å². The van der Waals surface area contributed by atoms with Gasteiger partial charge in [0.25, 0.3) is 10.2 Å². The number of ether oxygens (including phenoxy) is 1. The van der Waals surface area contributed by atoms with Crippen LogP contribution in [0.3, 0.4) is 0 Å². The molecule has 0 unspecified atom stereocenters.